The van der Waals surface area contributed by atoms with Crippen LogP contribution >= 0.6 is 0 Å². The predicted molar refractivity (Wildman–Crippen MR) is 49.2 cm³/mol. The Bertz CT molecular complexity index is 284. The molecule has 0 heterocycles. The van der Waals surface area contributed by atoms with Crippen LogP contribution in [0.2, 0.25) is 0 Å². The van der Waals surface area contributed by atoms with Crippen molar-refractivity contribution in [3.05, 3.63) is 35.9 Å². The van der Waals surface area contributed by atoms with Gasteiger partial charge in [0.05, 0.1) is 6.04 Å². The molecule has 0 saturated carbocycles. The molecule has 0 radical (unpaired) electrons. The topological polar surface area (TPSA) is 40.5 Å². The van der Waals surface area contributed by atoms with Crippen LogP contribution in [0.1, 0.15) is 25.5 Å². The number of hydrogen-bond acceptors (Lipinski definition) is 2. The van der Waals surface area contributed by atoms with E-state index in [1.54, 1.807) is 6.92 Å². The Morgan fingerprint density at radius 1 is 1.38 bits per heavy atom. The second-order valence-electron chi connectivity index (χ2n) is 2.95. The summed E-state index contributed by atoms with van der Waals surface area (Å²) in [5, 5.41) is 10.1. The van der Waals surface area contributed by atoms with E-state index in [4.69, 9.17) is 0 Å². The van der Waals surface area contributed by atoms with E-state index >= 15 is 0 Å². The molecule has 3 nitrogen and oxygen atoms in total. The van der Waals surface area contributed by atoms with Crippen LogP contribution in [0.3, 0.4) is 0 Å². The summed E-state index contributed by atoms with van der Waals surface area (Å²) in [7, 11) is 0. The highest BCUT2D eigenvalue weighted by Crippen LogP contribution is 2.17. The molecule has 1 atom stereocenters. The lowest BCUT2D eigenvalue weighted by molar-refractivity contribution is -0.172. The van der Waals surface area contributed by atoms with Gasteiger partial charge in [0.15, 0.2) is 0 Å². The molecule has 70 valence electrons. The highest BCUT2D eigenvalue weighted by molar-refractivity contribution is 5.72. The van der Waals surface area contributed by atoms with Gasteiger partial charge in [-0.2, -0.15) is 0 Å². The average Bonchev–Trinajstić information content (AvgIpc) is 2.17. The Morgan fingerprint density at radius 3 is 2.38 bits per heavy atom. The van der Waals surface area contributed by atoms with Gasteiger partial charge in [0.2, 0.25) is 5.91 Å². The fourth-order valence-corrected chi connectivity index (χ4v) is 1.15. The Balaban J connectivity index is 2.79. The molecule has 0 aliphatic carbocycles. The maximum absolute atomic E-state index is 10.8. The van der Waals surface area contributed by atoms with Crippen molar-refractivity contribution >= 4 is 5.91 Å². The average molecular weight is 179 g/mol. The van der Waals surface area contributed by atoms with Crippen LogP contribution in [0.4, 0.5) is 0 Å². The van der Waals surface area contributed by atoms with Gasteiger partial charge in [-0.05, 0) is 12.5 Å². The van der Waals surface area contributed by atoms with Gasteiger partial charge >= 0.3 is 0 Å². The Kier molecular flexibility index (Phi) is 3.03. The molecule has 0 saturated heterocycles. The zero-order valence-corrected chi connectivity index (χ0v) is 7.77. The molecule has 3 heteroatoms. The van der Waals surface area contributed by atoms with Crippen molar-refractivity contribution in [3.8, 4) is 0 Å². The minimum absolute atomic E-state index is 0.293. The van der Waals surface area contributed by atoms with Crippen LogP contribution in [0.5, 0.6) is 0 Å². The van der Waals surface area contributed by atoms with Gasteiger partial charge in [-0.25, -0.2) is 5.06 Å². The lowest BCUT2D eigenvalue weighted by Crippen LogP contribution is -2.27. The molecule has 0 aliphatic rings. The zero-order valence-electron chi connectivity index (χ0n) is 7.77. The number of hydroxylamine groups is 2. The van der Waals surface area contributed by atoms with E-state index in [0.717, 1.165) is 10.6 Å². The van der Waals surface area contributed by atoms with Crippen molar-refractivity contribution in [2.75, 3.05) is 0 Å². The summed E-state index contributed by atoms with van der Waals surface area (Å²) in [5.74, 6) is -0.351. The lowest BCUT2D eigenvalue weighted by Gasteiger charge is -2.21. The van der Waals surface area contributed by atoms with Crippen molar-refractivity contribution in [2.24, 2.45) is 0 Å². The zero-order chi connectivity index (χ0) is 9.84. The maximum Gasteiger partial charge on any atom is 0.243 e. The Morgan fingerprint density at radius 2 is 1.92 bits per heavy atom. The van der Waals surface area contributed by atoms with E-state index in [1.807, 2.05) is 30.3 Å². The number of amides is 1. The number of carbonyl (C=O) groups excluding carboxylic acids is 1. The van der Waals surface area contributed by atoms with Gasteiger partial charge in [-0.1, -0.05) is 30.3 Å². The standard InChI is InChI=1S/C10H13NO2/c1-8(11(13)9(2)12)10-6-4-3-5-7-10/h3-8,13H,1-2H3. The highest BCUT2D eigenvalue weighted by Gasteiger charge is 2.15. The van der Waals surface area contributed by atoms with Gasteiger partial charge in [0.1, 0.15) is 0 Å². The van der Waals surface area contributed by atoms with Gasteiger partial charge in [0, 0.05) is 6.92 Å². The highest BCUT2D eigenvalue weighted by atomic mass is 16.5. The summed E-state index contributed by atoms with van der Waals surface area (Å²) in [5.41, 5.74) is 0.917. The third-order valence-electron chi connectivity index (χ3n) is 1.97. The minimum atomic E-state index is -0.351. The van der Waals surface area contributed by atoms with Crippen molar-refractivity contribution in [3.63, 3.8) is 0 Å². The second-order valence-corrected chi connectivity index (χ2v) is 2.95. The molecule has 1 aromatic carbocycles. The van der Waals surface area contributed by atoms with E-state index in [0.29, 0.717) is 0 Å². The van der Waals surface area contributed by atoms with E-state index in [9.17, 15) is 10.0 Å². The van der Waals surface area contributed by atoms with Crippen LogP contribution in [-0.2, 0) is 4.79 Å². The Hall–Kier alpha value is -1.35. The summed E-state index contributed by atoms with van der Waals surface area (Å²) < 4.78 is 0. The van der Waals surface area contributed by atoms with Gasteiger partial charge in [-0.3, -0.25) is 10.0 Å². The SMILES string of the molecule is CC(=O)N(O)C(C)c1ccccc1. The summed E-state index contributed by atoms with van der Waals surface area (Å²) >= 11 is 0. The first-order chi connectivity index (χ1) is 6.13. The third kappa shape index (κ3) is 2.29. The van der Waals surface area contributed by atoms with Crippen molar-refractivity contribution < 1.29 is 10.0 Å². The molecule has 1 N–H and O–H groups in total. The normalized spacial score (nSPS) is 12.2. The predicted octanol–water partition coefficient (Wildman–Crippen LogP) is 1.99. The minimum Gasteiger partial charge on any atom is -0.285 e. The quantitative estimate of drug-likeness (QED) is 0.557. The molecule has 1 amide bonds. The first-order valence-electron chi connectivity index (χ1n) is 4.16. The molecule has 1 unspecified atom stereocenters. The molecule has 1 rings (SSSR count). The van der Waals surface area contributed by atoms with E-state index < -0.39 is 0 Å². The number of nitrogens with zero attached hydrogens (tertiary/aromatic N) is 1. The molecule has 0 aromatic heterocycles. The van der Waals surface area contributed by atoms with Crippen molar-refractivity contribution in [1.29, 1.82) is 0 Å². The van der Waals surface area contributed by atoms with Gasteiger partial charge in [0.25, 0.3) is 0 Å². The van der Waals surface area contributed by atoms with Crippen LogP contribution < -0.4 is 0 Å². The summed E-state index contributed by atoms with van der Waals surface area (Å²) in [4.78, 5) is 10.8. The van der Waals surface area contributed by atoms with Crippen LogP contribution in [0.15, 0.2) is 30.3 Å². The molecule has 0 aliphatic heterocycles. The van der Waals surface area contributed by atoms with Crippen LogP contribution in [-0.4, -0.2) is 16.2 Å². The summed E-state index contributed by atoms with van der Waals surface area (Å²) in [6.45, 7) is 3.11. The molecule has 13 heavy (non-hydrogen) atoms. The molecule has 1 aromatic rings. The summed E-state index contributed by atoms with van der Waals surface area (Å²) in [6.07, 6.45) is 0. The largest absolute Gasteiger partial charge is 0.285 e. The van der Waals surface area contributed by atoms with Gasteiger partial charge < -0.3 is 0 Å². The second kappa shape index (κ2) is 4.05. The van der Waals surface area contributed by atoms with E-state index in [1.165, 1.54) is 6.92 Å². The summed E-state index contributed by atoms with van der Waals surface area (Å²) in [6, 6.07) is 9.10. The van der Waals surface area contributed by atoms with Gasteiger partial charge in [-0.15, -0.1) is 0 Å². The van der Waals surface area contributed by atoms with E-state index in [2.05, 4.69) is 0 Å². The van der Waals surface area contributed by atoms with Crippen molar-refractivity contribution in [2.45, 2.75) is 19.9 Å². The number of benzene rings is 1. The number of rotatable bonds is 2. The fourth-order valence-electron chi connectivity index (χ4n) is 1.15. The van der Waals surface area contributed by atoms with Crippen LogP contribution in [0, 0.1) is 0 Å². The molecule has 0 spiro atoms. The molecule has 0 bridgehead atoms. The fraction of sp³-hybridized carbons (Fsp3) is 0.300. The van der Waals surface area contributed by atoms with Crippen LogP contribution in [0.25, 0.3) is 0 Å². The lowest BCUT2D eigenvalue weighted by atomic mass is 10.1. The number of hydrogen-bond donors (Lipinski definition) is 1. The molecule has 0 fully saturated rings. The third-order valence-corrected chi connectivity index (χ3v) is 1.97. The van der Waals surface area contributed by atoms with E-state index in [-0.39, 0.29) is 11.9 Å². The maximum atomic E-state index is 10.8. The number of carbonyl (C=O) groups is 1. The van der Waals surface area contributed by atoms with Crippen molar-refractivity contribution in [1.82, 2.24) is 5.06 Å². The molecular formula is C10H13NO2. The monoisotopic (exact) mass is 179 g/mol. The smallest absolute Gasteiger partial charge is 0.243 e. The molecular weight excluding hydrogens is 166 g/mol. The Labute approximate surface area is 77.6 Å². The first-order valence-corrected chi connectivity index (χ1v) is 4.16. The first kappa shape index (κ1) is 9.74.